The maximum atomic E-state index is 6.07. The molecule has 2 aromatic rings. The zero-order valence-corrected chi connectivity index (χ0v) is 20.3. The fraction of sp³-hybridized carbons (Fsp3) is 0.409. The molecular formula is C22H31BrN4OS. The molecule has 0 saturated carbocycles. The van der Waals surface area contributed by atoms with Crippen molar-refractivity contribution in [2.45, 2.75) is 32.6 Å². The van der Waals surface area contributed by atoms with Gasteiger partial charge in [-0.25, -0.2) is 4.98 Å². The first-order chi connectivity index (χ1) is 13.6. The quantitative estimate of drug-likeness (QED) is 0.369. The van der Waals surface area contributed by atoms with Crippen LogP contribution in [0.1, 0.15) is 26.3 Å². The number of nitrogens with two attached hydrogens (primary N) is 1. The Morgan fingerprint density at radius 1 is 1.34 bits per heavy atom. The van der Waals surface area contributed by atoms with Gasteiger partial charge in [0.1, 0.15) is 11.6 Å². The van der Waals surface area contributed by atoms with Crippen LogP contribution in [-0.4, -0.2) is 31.7 Å². The molecular weight excluding hydrogens is 448 g/mol. The molecule has 158 valence electrons. The Balaban J connectivity index is 2.24. The SMILES string of the molecule is C=C(Sc1cc(OC)ccc1Br)N(CCNCC(C)(C)C)c1ccnc(N)c1C. The van der Waals surface area contributed by atoms with E-state index in [1.165, 1.54) is 0 Å². The third-order valence-corrected chi connectivity index (χ3v) is 6.31. The van der Waals surface area contributed by atoms with E-state index in [9.17, 15) is 0 Å². The smallest absolute Gasteiger partial charge is 0.128 e. The Morgan fingerprint density at radius 3 is 2.72 bits per heavy atom. The number of pyridine rings is 1. The van der Waals surface area contributed by atoms with Crippen LogP contribution in [0.5, 0.6) is 5.75 Å². The van der Waals surface area contributed by atoms with Crippen LogP contribution in [0.3, 0.4) is 0 Å². The summed E-state index contributed by atoms with van der Waals surface area (Å²) in [6, 6.07) is 7.91. The Labute approximate surface area is 187 Å². The predicted octanol–water partition coefficient (Wildman–Crippen LogP) is 5.45. The molecule has 29 heavy (non-hydrogen) atoms. The minimum absolute atomic E-state index is 0.235. The zero-order valence-electron chi connectivity index (χ0n) is 17.9. The van der Waals surface area contributed by atoms with Crippen molar-refractivity contribution in [1.29, 1.82) is 0 Å². The van der Waals surface area contributed by atoms with Crippen LogP contribution < -0.4 is 20.7 Å². The number of nitrogen functional groups attached to an aromatic ring is 1. The second-order valence-corrected chi connectivity index (χ2v) is 9.99. The largest absolute Gasteiger partial charge is 0.497 e. The second kappa shape index (κ2) is 10.4. The first-order valence-electron chi connectivity index (χ1n) is 9.52. The summed E-state index contributed by atoms with van der Waals surface area (Å²) >= 11 is 5.22. The molecule has 1 aromatic heterocycles. The van der Waals surface area contributed by atoms with Gasteiger partial charge in [0.25, 0.3) is 0 Å². The molecule has 2 rings (SSSR count). The molecule has 0 amide bonds. The summed E-state index contributed by atoms with van der Waals surface area (Å²) in [5.74, 6) is 1.35. The Bertz CT molecular complexity index is 851. The van der Waals surface area contributed by atoms with Crippen molar-refractivity contribution < 1.29 is 4.74 Å². The Kier molecular flexibility index (Phi) is 8.43. The molecule has 0 aliphatic carbocycles. The summed E-state index contributed by atoms with van der Waals surface area (Å²) in [6.07, 6.45) is 1.74. The van der Waals surface area contributed by atoms with E-state index in [1.807, 2.05) is 31.2 Å². The topological polar surface area (TPSA) is 63.4 Å². The molecule has 3 N–H and O–H groups in total. The maximum absolute atomic E-state index is 6.07. The highest BCUT2D eigenvalue weighted by molar-refractivity contribution is 9.10. The number of ether oxygens (including phenoxy) is 1. The van der Waals surface area contributed by atoms with Gasteiger partial charge >= 0.3 is 0 Å². The Hall–Kier alpha value is -1.70. The minimum atomic E-state index is 0.235. The average molecular weight is 479 g/mol. The number of methoxy groups -OCH3 is 1. The fourth-order valence-electron chi connectivity index (χ4n) is 2.74. The second-order valence-electron chi connectivity index (χ2n) is 8.02. The van der Waals surface area contributed by atoms with Crippen LogP contribution in [0.15, 0.2) is 51.4 Å². The first kappa shape index (κ1) is 23.6. The van der Waals surface area contributed by atoms with Crippen molar-refractivity contribution in [3.05, 3.63) is 52.1 Å². The molecule has 0 aliphatic rings. The number of nitrogens with one attached hydrogen (secondary N) is 1. The molecule has 1 heterocycles. The number of anilines is 2. The van der Waals surface area contributed by atoms with E-state index in [2.05, 4.69) is 58.5 Å². The lowest BCUT2D eigenvalue weighted by molar-refractivity contribution is 0.382. The normalized spacial score (nSPS) is 11.4. The van der Waals surface area contributed by atoms with Gasteiger partial charge < -0.3 is 20.7 Å². The predicted molar refractivity (Wildman–Crippen MR) is 129 cm³/mol. The summed E-state index contributed by atoms with van der Waals surface area (Å²) in [5.41, 5.74) is 8.28. The van der Waals surface area contributed by atoms with Gasteiger partial charge in [0.05, 0.1) is 12.1 Å². The lowest BCUT2D eigenvalue weighted by atomic mass is 9.97. The summed E-state index contributed by atoms with van der Waals surface area (Å²) in [5, 5.41) is 4.45. The van der Waals surface area contributed by atoms with Crippen molar-refractivity contribution in [3.63, 3.8) is 0 Å². The summed E-state index contributed by atoms with van der Waals surface area (Å²) < 4.78 is 6.37. The summed E-state index contributed by atoms with van der Waals surface area (Å²) in [6.45, 7) is 15.6. The number of rotatable bonds is 9. The van der Waals surface area contributed by atoms with Gasteiger partial charge in [-0.3, -0.25) is 0 Å². The number of halogens is 1. The van der Waals surface area contributed by atoms with Crippen molar-refractivity contribution in [2.24, 2.45) is 5.41 Å². The molecule has 0 aliphatic heterocycles. The number of thioether (sulfide) groups is 1. The van der Waals surface area contributed by atoms with Crippen molar-refractivity contribution in [3.8, 4) is 5.75 Å². The molecule has 0 fully saturated rings. The summed E-state index contributed by atoms with van der Waals surface area (Å²) in [7, 11) is 1.67. The number of hydrogen-bond donors (Lipinski definition) is 2. The number of nitrogens with zero attached hydrogens (tertiary/aromatic N) is 2. The van der Waals surface area contributed by atoms with Crippen molar-refractivity contribution in [1.82, 2.24) is 10.3 Å². The van der Waals surface area contributed by atoms with Crippen molar-refractivity contribution in [2.75, 3.05) is 37.4 Å². The van der Waals surface area contributed by atoms with Crippen LogP contribution in [0.25, 0.3) is 0 Å². The molecule has 7 heteroatoms. The van der Waals surface area contributed by atoms with Crippen LogP contribution in [0, 0.1) is 12.3 Å². The van der Waals surface area contributed by atoms with Crippen LogP contribution in [0.2, 0.25) is 0 Å². The highest BCUT2D eigenvalue weighted by Crippen LogP contribution is 2.38. The van der Waals surface area contributed by atoms with Gasteiger partial charge in [-0.2, -0.15) is 0 Å². The molecule has 0 unspecified atom stereocenters. The van der Waals surface area contributed by atoms with E-state index in [4.69, 9.17) is 10.5 Å². The fourth-order valence-corrected chi connectivity index (χ4v) is 4.12. The summed E-state index contributed by atoms with van der Waals surface area (Å²) in [4.78, 5) is 7.44. The lowest BCUT2D eigenvalue weighted by Crippen LogP contribution is -2.35. The standard InChI is InChI=1S/C22H31BrN4OS/c1-15-19(9-10-26-21(15)24)27(12-11-25-14-22(3,4)5)16(2)29-20-13-17(28-6)7-8-18(20)23/h7-10,13,25H,2,11-12,14H2,1,3-6H3,(H2,24,26). The van der Waals surface area contributed by atoms with Gasteiger partial charge in [0, 0.05) is 46.5 Å². The molecule has 0 bridgehead atoms. The van der Waals surface area contributed by atoms with Crippen LogP contribution in [0.4, 0.5) is 11.5 Å². The van der Waals surface area contributed by atoms with Gasteiger partial charge in [-0.15, -0.1) is 0 Å². The molecule has 0 spiro atoms. The van der Waals surface area contributed by atoms with Gasteiger partial charge in [0.2, 0.25) is 0 Å². The molecule has 0 radical (unpaired) electrons. The number of benzene rings is 1. The van der Waals surface area contributed by atoms with Gasteiger partial charge in [-0.1, -0.05) is 39.1 Å². The van der Waals surface area contributed by atoms with Crippen molar-refractivity contribution >= 4 is 39.2 Å². The van der Waals surface area contributed by atoms with Gasteiger partial charge in [-0.05, 0) is 52.5 Å². The number of aromatic nitrogens is 1. The van der Waals surface area contributed by atoms with Gasteiger partial charge in [0.15, 0.2) is 0 Å². The first-order valence-corrected chi connectivity index (χ1v) is 11.1. The minimum Gasteiger partial charge on any atom is -0.497 e. The van der Waals surface area contributed by atoms with E-state index in [-0.39, 0.29) is 5.41 Å². The number of hydrogen-bond acceptors (Lipinski definition) is 6. The van der Waals surface area contributed by atoms with E-state index in [0.29, 0.717) is 5.82 Å². The zero-order chi connectivity index (χ0) is 21.6. The lowest BCUT2D eigenvalue weighted by Gasteiger charge is -2.29. The highest BCUT2D eigenvalue weighted by atomic mass is 79.9. The molecule has 1 aromatic carbocycles. The highest BCUT2D eigenvalue weighted by Gasteiger charge is 2.17. The monoisotopic (exact) mass is 478 g/mol. The molecule has 5 nitrogen and oxygen atoms in total. The Morgan fingerprint density at radius 2 is 2.07 bits per heavy atom. The average Bonchev–Trinajstić information content (AvgIpc) is 2.65. The van der Waals surface area contributed by atoms with Crippen LogP contribution in [-0.2, 0) is 0 Å². The van der Waals surface area contributed by atoms with E-state index < -0.39 is 0 Å². The maximum Gasteiger partial charge on any atom is 0.128 e. The van der Waals surface area contributed by atoms with Crippen LogP contribution >= 0.6 is 27.7 Å². The molecule has 0 saturated heterocycles. The third kappa shape index (κ3) is 6.94. The third-order valence-electron chi connectivity index (χ3n) is 4.34. The van der Waals surface area contributed by atoms with E-state index in [1.54, 1.807) is 25.1 Å². The van der Waals surface area contributed by atoms with E-state index >= 15 is 0 Å². The van der Waals surface area contributed by atoms with E-state index in [0.717, 1.165) is 51.0 Å². The molecule has 0 atom stereocenters.